The monoisotopic (exact) mass is 589 g/mol. The number of carbonyl (C=O) groups excluding carboxylic acids is 1. The molecule has 0 radical (unpaired) electrons. The number of rotatable bonds is 6. The number of ketones is 1. The standard InChI is InChI=1S/C29H35NO4.HI/c1-4-5-15-33-24-17-23(31)27-26-20(24)16-22-21-11-12-25(32)29(34-27,18-19-9-7-6-8-10-19)28(21,26)13-14-30(22,2)3;/h6-10,17,21-22H,4-5,11-16,18H2,1-3H3;1H/t21-,22+,28-,29-;/m0./s1. The Morgan fingerprint density at radius 2 is 2.00 bits per heavy atom. The molecule has 6 rings (SSSR count). The van der Waals surface area contributed by atoms with E-state index in [4.69, 9.17) is 9.47 Å². The quantitative estimate of drug-likeness (QED) is 0.316. The highest BCUT2D eigenvalue weighted by atomic mass is 127. The van der Waals surface area contributed by atoms with Crippen LogP contribution in [-0.2, 0) is 23.1 Å². The molecule has 1 saturated carbocycles. The number of piperidine rings is 1. The number of hydrogen-bond acceptors (Lipinski definition) is 4. The Kier molecular flexibility index (Phi) is 6.15. The van der Waals surface area contributed by atoms with Crippen molar-refractivity contribution in [2.75, 3.05) is 27.2 Å². The Morgan fingerprint density at radius 3 is 2.74 bits per heavy atom. The minimum absolute atomic E-state index is 0. The smallest absolute Gasteiger partial charge is 0.181 e. The molecular formula is C29H36INO4. The summed E-state index contributed by atoms with van der Waals surface area (Å²) in [5.41, 5.74) is 1.99. The molecule has 6 heteroatoms. The summed E-state index contributed by atoms with van der Waals surface area (Å²) in [6.07, 6.45) is 5.81. The average Bonchev–Trinajstić information content (AvgIpc) is 3.12. The van der Waals surface area contributed by atoms with Crippen LogP contribution in [0.3, 0.4) is 0 Å². The molecule has 35 heavy (non-hydrogen) atoms. The summed E-state index contributed by atoms with van der Waals surface area (Å²) in [6, 6.07) is 12.4. The van der Waals surface area contributed by atoms with Gasteiger partial charge in [-0.15, -0.1) is 0 Å². The van der Waals surface area contributed by atoms with Gasteiger partial charge in [-0.2, -0.15) is 0 Å². The molecule has 1 spiro atoms. The van der Waals surface area contributed by atoms with E-state index in [1.54, 1.807) is 6.07 Å². The molecule has 2 fully saturated rings. The second-order valence-electron chi connectivity index (χ2n) is 11.4. The van der Waals surface area contributed by atoms with E-state index in [1.807, 2.05) is 18.2 Å². The van der Waals surface area contributed by atoms with Crippen LogP contribution in [0.15, 0.2) is 36.4 Å². The van der Waals surface area contributed by atoms with Gasteiger partial charge in [-0.3, -0.25) is 4.79 Å². The van der Waals surface area contributed by atoms with Crippen molar-refractivity contribution in [2.45, 2.75) is 68.9 Å². The van der Waals surface area contributed by atoms with E-state index in [0.717, 1.165) is 60.0 Å². The highest BCUT2D eigenvalue weighted by molar-refractivity contribution is 5.94. The Morgan fingerprint density at radius 1 is 1.23 bits per heavy atom. The molecule has 2 aromatic rings. The van der Waals surface area contributed by atoms with Gasteiger partial charge in [0.05, 0.1) is 38.7 Å². The molecule has 2 aromatic carbocycles. The van der Waals surface area contributed by atoms with Crippen molar-refractivity contribution in [1.82, 2.24) is 0 Å². The number of likely N-dealkylation sites (N-methyl/N-ethyl adjacent to an activating group) is 1. The van der Waals surface area contributed by atoms with Gasteiger partial charge < -0.3 is 43.0 Å². The number of aromatic hydroxyl groups is 1. The van der Waals surface area contributed by atoms with Crippen molar-refractivity contribution in [3.63, 3.8) is 0 Å². The Labute approximate surface area is 225 Å². The number of quaternary nitrogens is 1. The zero-order valence-corrected chi connectivity index (χ0v) is 23.1. The van der Waals surface area contributed by atoms with E-state index < -0.39 is 11.0 Å². The van der Waals surface area contributed by atoms with Crippen LogP contribution in [0.1, 0.15) is 55.7 Å². The number of phenols is 1. The van der Waals surface area contributed by atoms with Crippen LogP contribution >= 0.6 is 0 Å². The summed E-state index contributed by atoms with van der Waals surface area (Å²) in [7, 11) is 4.68. The van der Waals surface area contributed by atoms with Crippen LogP contribution in [0, 0.1) is 5.92 Å². The van der Waals surface area contributed by atoms with Gasteiger partial charge in [-0.05, 0) is 18.4 Å². The lowest BCUT2D eigenvalue weighted by atomic mass is 9.46. The SMILES string of the molecule is CCCCOc1cc(O)c2c3c1C[C@@H]1[C@@H]4CCC(=O)[C@](Cc5ccccc5)(O2)[C@]34CC[N+]1(C)C.[I-]. The maximum atomic E-state index is 14.0. The Hall–Kier alpha value is -1.80. The van der Waals surface area contributed by atoms with E-state index in [-0.39, 0.29) is 35.5 Å². The summed E-state index contributed by atoms with van der Waals surface area (Å²) >= 11 is 0. The van der Waals surface area contributed by atoms with Crippen molar-refractivity contribution in [2.24, 2.45) is 5.92 Å². The van der Waals surface area contributed by atoms with Gasteiger partial charge in [0.15, 0.2) is 22.9 Å². The fraction of sp³-hybridized carbons (Fsp3) is 0.552. The highest BCUT2D eigenvalue weighted by Crippen LogP contribution is 2.69. The first kappa shape index (κ1) is 24.9. The normalized spacial score (nSPS) is 31.2. The summed E-state index contributed by atoms with van der Waals surface area (Å²) < 4.78 is 14.0. The van der Waals surface area contributed by atoms with Crippen molar-refractivity contribution in [1.29, 1.82) is 0 Å². The zero-order valence-electron chi connectivity index (χ0n) is 21.0. The summed E-state index contributed by atoms with van der Waals surface area (Å²) in [6.45, 7) is 3.78. The number of hydrogen-bond donors (Lipinski definition) is 1. The van der Waals surface area contributed by atoms with Gasteiger partial charge in [0.25, 0.3) is 0 Å². The third-order valence-corrected chi connectivity index (χ3v) is 9.44. The second kappa shape index (κ2) is 8.65. The summed E-state index contributed by atoms with van der Waals surface area (Å²) in [5, 5.41) is 11.2. The van der Waals surface area contributed by atoms with Crippen LogP contribution in [0.5, 0.6) is 17.2 Å². The fourth-order valence-corrected chi connectivity index (χ4v) is 7.82. The third-order valence-electron chi connectivity index (χ3n) is 9.44. The molecule has 1 saturated heterocycles. The van der Waals surface area contributed by atoms with Gasteiger partial charge >= 0.3 is 0 Å². The van der Waals surface area contributed by atoms with Gasteiger partial charge in [-0.1, -0.05) is 43.7 Å². The molecule has 188 valence electrons. The molecule has 2 aliphatic carbocycles. The molecule has 0 amide bonds. The molecule has 5 nitrogen and oxygen atoms in total. The van der Waals surface area contributed by atoms with Gasteiger partial charge in [-0.25, -0.2) is 0 Å². The first-order valence-corrected chi connectivity index (χ1v) is 12.9. The number of likely N-dealkylation sites (tertiary alicyclic amines) is 1. The van der Waals surface area contributed by atoms with Crippen LogP contribution in [-0.4, -0.2) is 54.3 Å². The van der Waals surface area contributed by atoms with E-state index in [0.29, 0.717) is 37.2 Å². The number of carbonyl (C=O) groups is 1. The summed E-state index contributed by atoms with van der Waals surface area (Å²) in [5.74, 6) is 1.98. The molecule has 1 N–H and O–H groups in total. The van der Waals surface area contributed by atoms with Crippen molar-refractivity contribution in [3.05, 3.63) is 53.1 Å². The number of Topliss-reactive ketones (excluding diaryl/α,β-unsaturated/α-hetero) is 1. The van der Waals surface area contributed by atoms with Crippen molar-refractivity contribution in [3.8, 4) is 17.2 Å². The number of benzene rings is 2. The number of phenolic OH excluding ortho intramolecular Hbond substituents is 1. The van der Waals surface area contributed by atoms with E-state index in [1.165, 1.54) is 5.56 Å². The lowest BCUT2D eigenvalue weighted by Gasteiger charge is -2.62. The third kappa shape index (κ3) is 3.31. The van der Waals surface area contributed by atoms with Gasteiger partial charge in [0.2, 0.25) is 0 Å². The van der Waals surface area contributed by atoms with E-state index in [2.05, 4.69) is 33.2 Å². The van der Waals surface area contributed by atoms with Crippen LogP contribution in [0.2, 0.25) is 0 Å². The Balaban J connectivity index is 0.00000253. The van der Waals surface area contributed by atoms with E-state index in [9.17, 15) is 9.90 Å². The molecule has 0 unspecified atom stereocenters. The maximum absolute atomic E-state index is 14.0. The number of nitrogens with zero attached hydrogens (tertiary/aromatic N) is 1. The van der Waals surface area contributed by atoms with Gasteiger partial charge in [0, 0.05) is 48.8 Å². The second-order valence-corrected chi connectivity index (χ2v) is 11.4. The first-order chi connectivity index (χ1) is 16.3. The maximum Gasteiger partial charge on any atom is 0.181 e. The van der Waals surface area contributed by atoms with Gasteiger partial charge in [0.1, 0.15) is 5.75 Å². The molecule has 4 atom stereocenters. The minimum Gasteiger partial charge on any atom is -1.00 e. The van der Waals surface area contributed by atoms with Crippen LogP contribution < -0.4 is 33.5 Å². The molecule has 4 aliphatic rings. The Bertz CT molecular complexity index is 1150. The molecule has 2 aliphatic heterocycles. The van der Waals surface area contributed by atoms with E-state index >= 15 is 0 Å². The largest absolute Gasteiger partial charge is 1.00 e. The van der Waals surface area contributed by atoms with Crippen molar-refractivity contribution >= 4 is 5.78 Å². The van der Waals surface area contributed by atoms with Crippen LogP contribution in [0.25, 0.3) is 0 Å². The molecular weight excluding hydrogens is 553 g/mol. The number of halogens is 1. The predicted molar refractivity (Wildman–Crippen MR) is 131 cm³/mol. The molecule has 2 heterocycles. The topological polar surface area (TPSA) is 55.8 Å². The molecule has 0 aromatic heterocycles. The highest BCUT2D eigenvalue weighted by Gasteiger charge is 2.75. The first-order valence-electron chi connectivity index (χ1n) is 12.9. The van der Waals surface area contributed by atoms with Crippen molar-refractivity contribution < 1.29 is 47.8 Å². The average molecular weight is 590 g/mol. The molecule has 2 bridgehead atoms. The summed E-state index contributed by atoms with van der Waals surface area (Å²) in [4.78, 5) is 14.0. The number of unbranched alkanes of at least 4 members (excludes halogenated alkanes) is 1. The lowest BCUT2D eigenvalue weighted by molar-refractivity contribution is -0.927. The predicted octanol–water partition coefficient (Wildman–Crippen LogP) is 1.57. The zero-order chi connectivity index (χ0) is 23.7. The lowest BCUT2D eigenvalue weighted by Crippen LogP contribution is -3.00. The minimum atomic E-state index is -0.965. The number of ether oxygens (including phenoxy) is 2. The fourth-order valence-electron chi connectivity index (χ4n) is 7.82. The van der Waals surface area contributed by atoms with Crippen LogP contribution in [0.4, 0.5) is 0 Å².